The van der Waals surface area contributed by atoms with Gasteiger partial charge >= 0.3 is 0 Å². The van der Waals surface area contributed by atoms with Crippen molar-refractivity contribution in [3.63, 3.8) is 0 Å². The summed E-state index contributed by atoms with van der Waals surface area (Å²) in [6.45, 7) is 0. The van der Waals surface area contributed by atoms with Gasteiger partial charge in [-0.1, -0.05) is 0 Å². The first-order valence-corrected chi connectivity index (χ1v) is 5.26. The Morgan fingerprint density at radius 3 is 2.69 bits per heavy atom. The van der Waals surface area contributed by atoms with Crippen LogP contribution in [0.15, 0.2) is 22.7 Å². The van der Waals surface area contributed by atoms with E-state index >= 15 is 0 Å². The van der Waals surface area contributed by atoms with Crippen LogP contribution in [0.25, 0.3) is 0 Å². The molecule has 0 bridgehead atoms. The van der Waals surface area contributed by atoms with E-state index in [1.165, 1.54) is 31.4 Å². The van der Waals surface area contributed by atoms with E-state index in [1.807, 2.05) is 0 Å². The number of rotatable bonds is 2. The molecule has 1 aliphatic rings. The molecule has 1 nitrogen and oxygen atoms in total. The summed E-state index contributed by atoms with van der Waals surface area (Å²) in [5, 5.41) is 3.36. The van der Waals surface area contributed by atoms with Crippen LogP contribution in [-0.4, -0.2) is 6.04 Å². The second-order valence-corrected chi connectivity index (χ2v) is 4.25. The van der Waals surface area contributed by atoms with Gasteiger partial charge < -0.3 is 5.32 Å². The molecule has 0 atom stereocenters. The zero-order valence-corrected chi connectivity index (χ0v) is 8.77. The molecule has 1 aliphatic carbocycles. The van der Waals surface area contributed by atoms with Crippen LogP contribution >= 0.6 is 15.9 Å². The lowest BCUT2D eigenvalue weighted by Crippen LogP contribution is -2.27. The fourth-order valence-electron chi connectivity index (χ4n) is 1.38. The summed E-state index contributed by atoms with van der Waals surface area (Å²) in [4.78, 5) is 0. The minimum atomic E-state index is -0.203. The lowest BCUT2D eigenvalue weighted by molar-refractivity contribution is 0.445. The minimum Gasteiger partial charge on any atom is -0.381 e. The average Bonchev–Trinajstić information content (AvgIpc) is 1.99. The van der Waals surface area contributed by atoms with Gasteiger partial charge in [0.15, 0.2) is 0 Å². The predicted molar refractivity (Wildman–Crippen MR) is 55.4 cm³/mol. The molecule has 0 spiro atoms. The monoisotopic (exact) mass is 243 g/mol. The third kappa shape index (κ3) is 2.02. The van der Waals surface area contributed by atoms with Crippen molar-refractivity contribution in [1.82, 2.24) is 0 Å². The van der Waals surface area contributed by atoms with Gasteiger partial charge in [0.1, 0.15) is 5.82 Å². The molecule has 1 saturated carbocycles. The van der Waals surface area contributed by atoms with Crippen LogP contribution in [0.2, 0.25) is 0 Å². The molecular weight excluding hydrogens is 233 g/mol. The first-order valence-electron chi connectivity index (χ1n) is 4.47. The smallest absolute Gasteiger partial charge is 0.124 e. The van der Waals surface area contributed by atoms with E-state index in [4.69, 9.17) is 0 Å². The Labute approximate surface area is 85.5 Å². The zero-order chi connectivity index (χ0) is 9.26. The third-order valence-corrected chi connectivity index (χ3v) is 3.05. The lowest BCUT2D eigenvalue weighted by Gasteiger charge is -2.27. The Morgan fingerprint density at radius 2 is 2.15 bits per heavy atom. The average molecular weight is 244 g/mol. The SMILES string of the molecule is Fc1ccc(NC2CCC2)c(Br)c1. The number of hydrogen-bond donors (Lipinski definition) is 1. The molecule has 0 aromatic heterocycles. The molecule has 13 heavy (non-hydrogen) atoms. The first kappa shape index (κ1) is 9.00. The van der Waals surface area contributed by atoms with Crippen molar-refractivity contribution in [3.05, 3.63) is 28.5 Å². The van der Waals surface area contributed by atoms with E-state index in [1.54, 1.807) is 6.07 Å². The Bertz CT molecular complexity index is 310. The molecule has 3 heteroatoms. The van der Waals surface area contributed by atoms with Gasteiger partial charge in [-0.15, -0.1) is 0 Å². The van der Waals surface area contributed by atoms with E-state index in [-0.39, 0.29) is 5.82 Å². The summed E-state index contributed by atoms with van der Waals surface area (Å²) in [6, 6.07) is 5.33. The molecule has 70 valence electrons. The number of hydrogen-bond acceptors (Lipinski definition) is 1. The van der Waals surface area contributed by atoms with Crippen LogP contribution in [0.5, 0.6) is 0 Å². The fraction of sp³-hybridized carbons (Fsp3) is 0.400. The zero-order valence-electron chi connectivity index (χ0n) is 7.19. The highest BCUT2D eigenvalue weighted by Crippen LogP contribution is 2.28. The van der Waals surface area contributed by atoms with Crippen LogP contribution in [0, 0.1) is 5.82 Å². The second-order valence-electron chi connectivity index (χ2n) is 3.40. The summed E-state index contributed by atoms with van der Waals surface area (Å²) in [5.41, 5.74) is 0.992. The lowest BCUT2D eigenvalue weighted by atomic mass is 9.93. The van der Waals surface area contributed by atoms with E-state index in [0.29, 0.717) is 6.04 Å². The Hall–Kier alpha value is -0.570. The largest absolute Gasteiger partial charge is 0.381 e. The van der Waals surface area contributed by atoms with Gasteiger partial charge in [-0.3, -0.25) is 0 Å². The number of halogens is 2. The van der Waals surface area contributed by atoms with Gasteiger partial charge in [0.05, 0.1) is 0 Å². The molecule has 0 saturated heterocycles. The second kappa shape index (κ2) is 3.66. The topological polar surface area (TPSA) is 12.0 Å². The Kier molecular flexibility index (Phi) is 2.54. The molecular formula is C10H11BrFN. The van der Waals surface area contributed by atoms with E-state index < -0.39 is 0 Å². The summed E-state index contributed by atoms with van der Waals surface area (Å²) in [5.74, 6) is -0.203. The summed E-state index contributed by atoms with van der Waals surface area (Å²) >= 11 is 3.33. The third-order valence-electron chi connectivity index (χ3n) is 2.40. The summed E-state index contributed by atoms with van der Waals surface area (Å²) < 4.78 is 13.5. The van der Waals surface area contributed by atoms with E-state index in [2.05, 4.69) is 21.2 Å². The van der Waals surface area contributed by atoms with Gasteiger partial charge in [0, 0.05) is 16.2 Å². The van der Waals surface area contributed by atoms with Crippen molar-refractivity contribution in [1.29, 1.82) is 0 Å². The van der Waals surface area contributed by atoms with Gasteiger partial charge in [0.25, 0.3) is 0 Å². The van der Waals surface area contributed by atoms with Gasteiger partial charge in [0.2, 0.25) is 0 Å². The van der Waals surface area contributed by atoms with Crippen LogP contribution in [0.1, 0.15) is 19.3 Å². The molecule has 0 heterocycles. The van der Waals surface area contributed by atoms with Crippen molar-refractivity contribution in [3.8, 4) is 0 Å². The quantitative estimate of drug-likeness (QED) is 0.838. The highest BCUT2D eigenvalue weighted by Gasteiger charge is 2.17. The molecule has 0 unspecified atom stereocenters. The number of benzene rings is 1. The Balaban J connectivity index is 2.10. The molecule has 1 aromatic carbocycles. The standard InChI is InChI=1S/C10H11BrFN/c11-9-6-7(12)4-5-10(9)13-8-2-1-3-8/h4-6,8,13H,1-3H2. The molecule has 1 aromatic rings. The molecule has 1 fully saturated rings. The van der Waals surface area contributed by atoms with Gasteiger partial charge in [-0.05, 0) is 53.4 Å². The maximum Gasteiger partial charge on any atom is 0.124 e. The first-order chi connectivity index (χ1) is 6.25. The number of anilines is 1. The molecule has 0 radical (unpaired) electrons. The van der Waals surface area contributed by atoms with Crippen molar-refractivity contribution in [2.45, 2.75) is 25.3 Å². The fourth-order valence-corrected chi connectivity index (χ4v) is 1.84. The summed E-state index contributed by atoms with van der Waals surface area (Å²) in [6.07, 6.45) is 3.75. The minimum absolute atomic E-state index is 0.203. The maximum atomic E-state index is 12.7. The summed E-state index contributed by atoms with van der Waals surface area (Å²) in [7, 11) is 0. The highest BCUT2D eigenvalue weighted by atomic mass is 79.9. The normalized spacial score (nSPS) is 16.8. The Morgan fingerprint density at radius 1 is 1.38 bits per heavy atom. The van der Waals surface area contributed by atoms with Crippen molar-refractivity contribution < 1.29 is 4.39 Å². The van der Waals surface area contributed by atoms with Crippen LogP contribution < -0.4 is 5.32 Å². The predicted octanol–water partition coefficient (Wildman–Crippen LogP) is 3.55. The van der Waals surface area contributed by atoms with Crippen molar-refractivity contribution in [2.24, 2.45) is 0 Å². The van der Waals surface area contributed by atoms with E-state index in [9.17, 15) is 4.39 Å². The van der Waals surface area contributed by atoms with Gasteiger partial charge in [-0.25, -0.2) is 4.39 Å². The number of nitrogens with one attached hydrogen (secondary N) is 1. The molecule has 2 rings (SSSR count). The van der Waals surface area contributed by atoms with Gasteiger partial charge in [-0.2, -0.15) is 0 Å². The highest BCUT2D eigenvalue weighted by molar-refractivity contribution is 9.10. The van der Waals surface area contributed by atoms with Crippen LogP contribution in [0.3, 0.4) is 0 Å². The van der Waals surface area contributed by atoms with E-state index in [0.717, 1.165) is 10.2 Å². The molecule has 1 N–H and O–H groups in total. The van der Waals surface area contributed by atoms with Crippen molar-refractivity contribution >= 4 is 21.6 Å². The van der Waals surface area contributed by atoms with Crippen LogP contribution in [0.4, 0.5) is 10.1 Å². The van der Waals surface area contributed by atoms with Crippen molar-refractivity contribution in [2.75, 3.05) is 5.32 Å². The van der Waals surface area contributed by atoms with Crippen LogP contribution in [-0.2, 0) is 0 Å². The molecule has 0 amide bonds. The maximum absolute atomic E-state index is 12.7. The molecule has 0 aliphatic heterocycles.